The average Bonchev–Trinajstić information content (AvgIpc) is 3.14. The lowest BCUT2D eigenvalue weighted by atomic mass is 9.65. The Kier molecular flexibility index (Phi) is 4.57. The van der Waals surface area contributed by atoms with Gasteiger partial charge in [-0.25, -0.2) is 0 Å². The van der Waals surface area contributed by atoms with Crippen molar-refractivity contribution in [1.29, 1.82) is 0 Å². The van der Waals surface area contributed by atoms with Gasteiger partial charge in [0.1, 0.15) is 0 Å². The fourth-order valence-corrected chi connectivity index (χ4v) is 5.80. The molecule has 1 amide bonds. The van der Waals surface area contributed by atoms with Gasteiger partial charge in [-0.2, -0.15) is 0 Å². The van der Waals surface area contributed by atoms with E-state index in [2.05, 4.69) is 35.9 Å². The van der Waals surface area contributed by atoms with Gasteiger partial charge in [-0.15, -0.1) is 10.2 Å². The zero-order valence-corrected chi connectivity index (χ0v) is 17.3. The topological polar surface area (TPSA) is 59.2 Å². The minimum Gasteiger partial charge on any atom is -0.411 e. The number of thioether (sulfide) groups is 1. The van der Waals surface area contributed by atoms with Crippen LogP contribution in [0.25, 0.3) is 11.5 Å². The van der Waals surface area contributed by atoms with Gasteiger partial charge in [-0.3, -0.25) is 4.79 Å². The first-order valence-electron chi connectivity index (χ1n) is 9.57. The fraction of sp³-hybridized carbons (Fsp3) is 0.571. The molecule has 1 saturated carbocycles. The first-order valence-corrected chi connectivity index (χ1v) is 10.6. The van der Waals surface area contributed by atoms with Gasteiger partial charge >= 0.3 is 0 Å². The monoisotopic (exact) mass is 385 g/mol. The van der Waals surface area contributed by atoms with E-state index in [0.717, 1.165) is 30.5 Å². The molecule has 0 N–H and O–H groups in total. The predicted octanol–water partition coefficient (Wildman–Crippen LogP) is 4.56. The van der Waals surface area contributed by atoms with Crippen LogP contribution < -0.4 is 0 Å². The number of amides is 1. The molecule has 0 unspecified atom stereocenters. The number of aryl methyl sites for hydroxylation is 1. The number of aromatic nitrogens is 2. The largest absolute Gasteiger partial charge is 0.411 e. The smallest absolute Gasteiger partial charge is 0.277 e. The van der Waals surface area contributed by atoms with E-state index in [4.69, 9.17) is 4.42 Å². The van der Waals surface area contributed by atoms with Crippen molar-refractivity contribution in [3.63, 3.8) is 0 Å². The molecule has 5 nitrogen and oxygen atoms in total. The van der Waals surface area contributed by atoms with Gasteiger partial charge in [0.2, 0.25) is 11.8 Å². The van der Waals surface area contributed by atoms with E-state index >= 15 is 0 Å². The lowest BCUT2D eigenvalue weighted by molar-refractivity contribution is -0.129. The highest BCUT2D eigenvalue weighted by Gasteiger charge is 2.50. The first-order chi connectivity index (χ1) is 12.7. The molecule has 2 bridgehead atoms. The van der Waals surface area contributed by atoms with Gasteiger partial charge < -0.3 is 9.32 Å². The van der Waals surface area contributed by atoms with E-state index in [-0.39, 0.29) is 11.3 Å². The Morgan fingerprint density at radius 2 is 2.04 bits per heavy atom. The quantitative estimate of drug-likeness (QED) is 0.722. The van der Waals surface area contributed by atoms with Crippen LogP contribution in [0.4, 0.5) is 0 Å². The van der Waals surface area contributed by atoms with E-state index in [0.29, 0.717) is 28.3 Å². The molecule has 6 heteroatoms. The van der Waals surface area contributed by atoms with Crippen molar-refractivity contribution in [1.82, 2.24) is 15.1 Å². The van der Waals surface area contributed by atoms with Crippen molar-refractivity contribution in [3.8, 4) is 11.5 Å². The van der Waals surface area contributed by atoms with Gasteiger partial charge in [-0.05, 0) is 48.6 Å². The van der Waals surface area contributed by atoms with Crippen LogP contribution in [0, 0.1) is 17.8 Å². The van der Waals surface area contributed by atoms with Crippen LogP contribution in [-0.2, 0) is 4.79 Å². The summed E-state index contributed by atoms with van der Waals surface area (Å²) in [5.74, 6) is 1.04. The van der Waals surface area contributed by atoms with Crippen molar-refractivity contribution in [2.75, 3.05) is 12.3 Å². The third kappa shape index (κ3) is 3.77. The SMILES string of the molecule is Cc1ccccc1-c1nnc(SCC(=O)N2C[C@]3(C)C[C@H]2CC(C)(C)C3)o1. The Hall–Kier alpha value is -1.82. The minimum absolute atomic E-state index is 0.182. The van der Waals surface area contributed by atoms with Gasteiger partial charge in [0.25, 0.3) is 5.22 Å². The summed E-state index contributed by atoms with van der Waals surface area (Å²) in [5, 5.41) is 8.71. The first kappa shape index (κ1) is 18.5. The molecular formula is C21H27N3O2S. The highest BCUT2D eigenvalue weighted by Crippen LogP contribution is 2.52. The van der Waals surface area contributed by atoms with Crippen LogP contribution >= 0.6 is 11.8 Å². The van der Waals surface area contributed by atoms with Gasteiger partial charge in [0, 0.05) is 18.2 Å². The Morgan fingerprint density at radius 3 is 2.81 bits per heavy atom. The molecule has 2 aliphatic rings. The summed E-state index contributed by atoms with van der Waals surface area (Å²) in [4.78, 5) is 15.0. The number of benzene rings is 1. The van der Waals surface area contributed by atoms with Gasteiger partial charge in [-0.1, -0.05) is 50.7 Å². The van der Waals surface area contributed by atoms with Crippen LogP contribution in [0.5, 0.6) is 0 Å². The number of hydrogen-bond donors (Lipinski definition) is 0. The second-order valence-electron chi connectivity index (χ2n) is 9.21. The van der Waals surface area contributed by atoms with E-state index in [1.54, 1.807) is 0 Å². The van der Waals surface area contributed by atoms with Crippen LogP contribution in [0.15, 0.2) is 33.9 Å². The summed E-state index contributed by atoms with van der Waals surface area (Å²) in [5.41, 5.74) is 2.60. The Labute approximate surface area is 164 Å². The van der Waals surface area contributed by atoms with Crippen LogP contribution in [-0.4, -0.2) is 39.3 Å². The number of rotatable bonds is 4. The van der Waals surface area contributed by atoms with Crippen LogP contribution in [0.3, 0.4) is 0 Å². The molecule has 0 spiro atoms. The Morgan fingerprint density at radius 1 is 1.26 bits per heavy atom. The molecule has 1 aromatic heterocycles. The van der Waals surface area contributed by atoms with Gasteiger partial charge in [0.05, 0.1) is 5.75 Å². The van der Waals surface area contributed by atoms with Crippen molar-refractivity contribution in [2.24, 2.45) is 10.8 Å². The molecule has 2 heterocycles. The standard InChI is InChI=1S/C21H27N3O2S/c1-14-7-5-6-8-16(14)18-22-23-19(26-18)27-11-17(25)24-13-21(4)10-15(24)9-20(2,3)12-21/h5-8,15H,9-13H2,1-4H3/t15-,21-/m1/s1. The van der Waals surface area contributed by atoms with E-state index < -0.39 is 0 Å². The zero-order valence-electron chi connectivity index (χ0n) is 16.5. The molecule has 1 saturated heterocycles. The summed E-state index contributed by atoms with van der Waals surface area (Å²) in [7, 11) is 0. The number of likely N-dealkylation sites (tertiary alicyclic amines) is 1. The van der Waals surface area contributed by atoms with E-state index in [1.165, 1.54) is 18.2 Å². The molecule has 1 aliphatic carbocycles. The Balaban J connectivity index is 1.40. The maximum Gasteiger partial charge on any atom is 0.277 e. The molecule has 1 aliphatic heterocycles. The second kappa shape index (κ2) is 6.66. The second-order valence-corrected chi connectivity index (χ2v) is 10.1. The molecule has 144 valence electrons. The summed E-state index contributed by atoms with van der Waals surface area (Å²) >= 11 is 1.34. The molecule has 2 fully saturated rings. The number of hydrogen-bond acceptors (Lipinski definition) is 5. The Bertz CT molecular complexity index is 863. The van der Waals surface area contributed by atoms with Gasteiger partial charge in [0.15, 0.2) is 0 Å². The third-order valence-electron chi connectivity index (χ3n) is 5.84. The van der Waals surface area contributed by atoms with Crippen LogP contribution in [0.1, 0.15) is 45.6 Å². The molecule has 2 aromatic rings. The average molecular weight is 386 g/mol. The minimum atomic E-state index is 0.182. The number of carbonyl (C=O) groups excluding carboxylic acids is 1. The number of carbonyl (C=O) groups is 1. The maximum atomic E-state index is 12.9. The molecule has 2 atom stereocenters. The molecule has 0 radical (unpaired) electrons. The summed E-state index contributed by atoms with van der Waals surface area (Å²) in [6, 6.07) is 8.30. The summed E-state index contributed by atoms with van der Waals surface area (Å²) in [6.07, 6.45) is 3.42. The normalized spacial score (nSPS) is 26.4. The highest BCUT2D eigenvalue weighted by molar-refractivity contribution is 7.99. The van der Waals surface area contributed by atoms with Crippen molar-refractivity contribution in [2.45, 2.75) is 58.2 Å². The van der Waals surface area contributed by atoms with Crippen molar-refractivity contribution >= 4 is 17.7 Å². The molecule has 27 heavy (non-hydrogen) atoms. The zero-order chi connectivity index (χ0) is 19.2. The molecular weight excluding hydrogens is 358 g/mol. The number of fused-ring (bicyclic) bond motifs is 2. The molecule has 1 aromatic carbocycles. The summed E-state index contributed by atoms with van der Waals surface area (Å²) in [6.45, 7) is 9.87. The maximum absolute atomic E-state index is 12.9. The third-order valence-corrected chi connectivity index (χ3v) is 6.64. The van der Waals surface area contributed by atoms with Crippen molar-refractivity contribution in [3.05, 3.63) is 29.8 Å². The number of nitrogens with zero attached hydrogens (tertiary/aromatic N) is 3. The van der Waals surface area contributed by atoms with Crippen molar-refractivity contribution < 1.29 is 9.21 Å². The van der Waals surface area contributed by atoms with E-state index in [1.807, 2.05) is 31.2 Å². The summed E-state index contributed by atoms with van der Waals surface area (Å²) < 4.78 is 5.77. The predicted molar refractivity (Wildman–Crippen MR) is 106 cm³/mol. The highest BCUT2D eigenvalue weighted by atomic mass is 32.2. The van der Waals surface area contributed by atoms with E-state index in [9.17, 15) is 4.79 Å². The lowest BCUT2D eigenvalue weighted by Crippen LogP contribution is -2.38. The van der Waals surface area contributed by atoms with Crippen LogP contribution in [0.2, 0.25) is 0 Å². The molecule has 4 rings (SSSR count). The fourth-order valence-electron chi connectivity index (χ4n) is 5.15. The lowest BCUT2D eigenvalue weighted by Gasteiger charge is -2.39.